The Hall–Kier alpha value is -3.21. The molecule has 0 atom stereocenters. The van der Waals surface area contributed by atoms with E-state index >= 15 is 0 Å². The Kier molecular flexibility index (Phi) is 4.71. The first-order valence-electron chi connectivity index (χ1n) is 8.42. The van der Waals surface area contributed by atoms with Crippen molar-refractivity contribution < 1.29 is 4.92 Å². The highest BCUT2D eigenvalue weighted by atomic mass is 16.6. The Morgan fingerprint density at radius 2 is 1.65 bits per heavy atom. The topological polar surface area (TPSA) is 60.4 Å². The van der Waals surface area contributed by atoms with E-state index in [-0.39, 0.29) is 5.69 Å². The minimum atomic E-state index is -0.412. The van der Waals surface area contributed by atoms with Gasteiger partial charge in [-0.3, -0.25) is 15.1 Å². The molecule has 0 amide bonds. The smallest absolute Gasteiger partial charge is 0.269 e. The van der Waals surface area contributed by atoms with Crippen molar-refractivity contribution in [1.82, 2.24) is 4.57 Å². The van der Waals surface area contributed by atoms with Crippen molar-refractivity contribution in [3.63, 3.8) is 0 Å². The Balaban J connectivity index is 1.92. The van der Waals surface area contributed by atoms with Gasteiger partial charge in [-0.05, 0) is 69.2 Å². The van der Waals surface area contributed by atoms with Crippen molar-refractivity contribution in [2.75, 3.05) is 0 Å². The third-order valence-corrected chi connectivity index (χ3v) is 4.63. The molecule has 5 nitrogen and oxygen atoms in total. The summed E-state index contributed by atoms with van der Waals surface area (Å²) in [7, 11) is 0. The average molecular weight is 347 g/mol. The van der Waals surface area contributed by atoms with Crippen LogP contribution in [0.25, 0.3) is 5.69 Å². The molecule has 1 heterocycles. The van der Waals surface area contributed by atoms with Crippen LogP contribution in [0.2, 0.25) is 0 Å². The van der Waals surface area contributed by atoms with Crippen LogP contribution in [0.4, 0.5) is 11.4 Å². The zero-order valence-corrected chi connectivity index (χ0v) is 15.4. The first-order chi connectivity index (χ1) is 12.4. The van der Waals surface area contributed by atoms with Gasteiger partial charge in [0.15, 0.2) is 0 Å². The van der Waals surface area contributed by atoms with Gasteiger partial charge in [0.2, 0.25) is 0 Å². The van der Waals surface area contributed by atoms with Crippen molar-refractivity contribution >= 4 is 17.6 Å². The lowest BCUT2D eigenvalue weighted by molar-refractivity contribution is -0.384. The van der Waals surface area contributed by atoms with Crippen molar-refractivity contribution in [2.24, 2.45) is 4.99 Å². The summed E-state index contributed by atoms with van der Waals surface area (Å²) in [6, 6.07) is 14.8. The second-order valence-electron chi connectivity index (χ2n) is 6.46. The van der Waals surface area contributed by atoms with E-state index in [1.54, 1.807) is 18.3 Å². The van der Waals surface area contributed by atoms with Gasteiger partial charge in [-0.15, -0.1) is 0 Å². The third kappa shape index (κ3) is 3.42. The van der Waals surface area contributed by atoms with E-state index in [1.165, 1.54) is 23.3 Å². The highest BCUT2D eigenvalue weighted by molar-refractivity contribution is 5.84. The van der Waals surface area contributed by atoms with Crippen molar-refractivity contribution in [3.05, 3.63) is 86.7 Å². The van der Waals surface area contributed by atoms with Crippen molar-refractivity contribution in [2.45, 2.75) is 27.7 Å². The summed E-state index contributed by atoms with van der Waals surface area (Å²) in [5, 5.41) is 10.7. The number of non-ortho nitro benzene ring substituents is 1. The molecular formula is C21H21N3O2. The largest absolute Gasteiger partial charge is 0.318 e. The van der Waals surface area contributed by atoms with E-state index in [4.69, 9.17) is 0 Å². The van der Waals surface area contributed by atoms with Crippen LogP contribution in [0, 0.1) is 37.8 Å². The van der Waals surface area contributed by atoms with Gasteiger partial charge in [0.05, 0.1) is 10.6 Å². The molecule has 2 aromatic carbocycles. The molecule has 0 fully saturated rings. The minimum absolute atomic E-state index is 0.0665. The summed E-state index contributed by atoms with van der Waals surface area (Å²) in [6.45, 7) is 8.37. The molecule has 0 saturated heterocycles. The molecule has 3 aromatic rings. The molecule has 3 rings (SSSR count). The van der Waals surface area contributed by atoms with Crippen LogP contribution >= 0.6 is 0 Å². The van der Waals surface area contributed by atoms with E-state index in [0.717, 1.165) is 22.6 Å². The van der Waals surface area contributed by atoms with Crippen LogP contribution in [0.1, 0.15) is 28.1 Å². The number of nitro benzene ring substituents is 1. The highest BCUT2D eigenvalue weighted by Crippen LogP contribution is 2.23. The van der Waals surface area contributed by atoms with E-state index < -0.39 is 4.92 Å². The second kappa shape index (κ2) is 6.96. The van der Waals surface area contributed by atoms with Gasteiger partial charge in [-0.2, -0.15) is 0 Å². The molecular weight excluding hydrogens is 326 g/mol. The monoisotopic (exact) mass is 347 g/mol. The summed E-state index contributed by atoms with van der Waals surface area (Å²) in [5.41, 5.74) is 7.69. The van der Waals surface area contributed by atoms with Gasteiger partial charge in [-0.25, -0.2) is 0 Å². The Morgan fingerprint density at radius 1 is 0.962 bits per heavy atom. The molecule has 0 unspecified atom stereocenters. The third-order valence-electron chi connectivity index (χ3n) is 4.63. The molecule has 0 aliphatic heterocycles. The SMILES string of the molecule is Cc1ccc(-n2c(C)cc(C=Nc3ccc([N+](=O)[O-])cc3)c2C)cc1C. The fourth-order valence-corrected chi connectivity index (χ4v) is 2.98. The summed E-state index contributed by atoms with van der Waals surface area (Å²) < 4.78 is 2.21. The molecule has 26 heavy (non-hydrogen) atoms. The number of benzene rings is 2. The number of aromatic nitrogens is 1. The number of rotatable bonds is 4. The van der Waals surface area contributed by atoms with Gasteiger partial charge < -0.3 is 4.57 Å². The molecule has 0 radical (unpaired) electrons. The molecule has 0 bridgehead atoms. The molecule has 5 heteroatoms. The lowest BCUT2D eigenvalue weighted by Gasteiger charge is -2.11. The molecule has 1 aromatic heterocycles. The Labute approximate surface area is 152 Å². The van der Waals surface area contributed by atoms with Crippen molar-refractivity contribution in [1.29, 1.82) is 0 Å². The van der Waals surface area contributed by atoms with E-state index in [1.807, 2.05) is 0 Å². The molecule has 0 spiro atoms. The summed E-state index contributed by atoms with van der Waals surface area (Å²) in [5.74, 6) is 0. The average Bonchev–Trinajstić information content (AvgIpc) is 2.90. The van der Waals surface area contributed by atoms with Crippen LogP contribution in [0.5, 0.6) is 0 Å². The lowest BCUT2D eigenvalue weighted by Crippen LogP contribution is -2.00. The van der Waals surface area contributed by atoms with Gasteiger partial charge in [0, 0.05) is 41.0 Å². The van der Waals surface area contributed by atoms with Gasteiger partial charge in [0.25, 0.3) is 5.69 Å². The summed E-state index contributed by atoms with van der Waals surface area (Å²) in [4.78, 5) is 14.8. The van der Waals surface area contributed by atoms with Gasteiger partial charge >= 0.3 is 0 Å². The van der Waals surface area contributed by atoms with Crippen LogP contribution in [0.15, 0.2) is 53.5 Å². The fraction of sp³-hybridized carbons (Fsp3) is 0.190. The summed E-state index contributed by atoms with van der Waals surface area (Å²) >= 11 is 0. The van der Waals surface area contributed by atoms with E-state index in [9.17, 15) is 10.1 Å². The Bertz CT molecular complexity index is 999. The number of aliphatic imine (C=N–C) groups is 1. The number of nitrogens with zero attached hydrogens (tertiary/aromatic N) is 3. The molecule has 0 aliphatic carbocycles. The van der Waals surface area contributed by atoms with E-state index in [0.29, 0.717) is 5.69 Å². The molecule has 132 valence electrons. The molecule has 0 saturated carbocycles. The number of aryl methyl sites for hydroxylation is 3. The predicted molar refractivity (Wildman–Crippen MR) is 105 cm³/mol. The fourth-order valence-electron chi connectivity index (χ4n) is 2.98. The maximum absolute atomic E-state index is 10.7. The van der Waals surface area contributed by atoms with Crippen LogP contribution in [-0.4, -0.2) is 15.7 Å². The molecule has 0 N–H and O–H groups in total. The normalized spacial score (nSPS) is 11.2. The van der Waals surface area contributed by atoms with Crippen LogP contribution in [-0.2, 0) is 0 Å². The number of hydrogen-bond donors (Lipinski definition) is 0. The standard InChI is InChI=1S/C21H21N3O2/c1-14-5-8-21(11-15(14)2)23-16(3)12-18(17(23)4)13-22-19-6-9-20(10-7-19)24(25)26/h5-13H,1-4H3. The quantitative estimate of drug-likeness (QED) is 0.362. The lowest BCUT2D eigenvalue weighted by atomic mass is 10.1. The van der Waals surface area contributed by atoms with Gasteiger partial charge in [-0.1, -0.05) is 6.07 Å². The van der Waals surface area contributed by atoms with Gasteiger partial charge in [0.1, 0.15) is 0 Å². The first-order valence-corrected chi connectivity index (χ1v) is 8.42. The minimum Gasteiger partial charge on any atom is -0.318 e. The first kappa shape index (κ1) is 17.6. The van der Waals surface area contributed by atoms with Crippen molar-refractivity contribution in [3.8, 4) is 5.69 Å². The Morgan fingerprint density at radius 3 is 2.27 bits per heavy atom. The predicted octanol–water partition coefficient (Wildman–Crippen LogP) is 5.37. The van der Waals surface area contributed by atoms with E-state index in [2.05, 4.69) is 61.5 Å². The number of hydrogen-bond acceptors (Lipinski definition) is 3. The summed E-state index contributed by atoms with van der Waals surface area (Å²) in [6.07, 6.45) is 1.81. The second-order valence-corrected chi connectivity index (χ2v) is 6.46. The maximum Gasteiger partial charge on any atom is 0.269 e. The number of nitro groups is 1. The molecule has 0 aliphatic rings. The zero-order valence-electron chi connectivity index (χ0n) is 15.4. The zero-order chi connectivity index (χ0) is 18.8. The van der Waals surface area contributed by atoms with Crippen LogP contribution < -0.4 is 0 Å². The van der Waals surface area contributed by atoms with Crippen LogP contribution in [0.3, 0.4) is 0 Å². The highest BCUT2D eigenvalue weighted by Gasteiger charge is 2.10. The maximum atomic E-state index is 10.7.